The maximum atomic E-state index is 13.7. The van der Waals surface area contributed by atoms with Crippen LogP contribution in [0.2, 0.25) is 5.02 Å². The minimum absolute atomic E-state index is 0.0326. The van der Waals surface area contributed by atoms with Crippen molar-refractivity contribution in [2.75, 3.05) is 19.6 Å². The van der Waals surface area contributed by atoms with Crippen molar-refractivity contribution in [2.24, 2.45) is 5.92 Å². The SMILES string of the molecule is C#CC(Oc1nsnc1OC1CN2CCC1C2)c1ccc(Cl)c(F)c1. The number of rotatable bonds is 5. The first-order valence-corrected chi connectivity index (χ1v) is 9.04. The van der Waals surface area contributed by atoms with Crippen molar-refractivity contribution >= 4 is 23.3 Å². The van der Waals surface area contributed by atoms with Gasteiger partial charge >= 0.3 is 0 Å². The molecule has 4 rings (SSSR count). The number of ether oxygens (including phenoxy) is 2. The Morgan fingerprint density at radius 1 is 1.36 bits per heavy atom. The van der Waals surface area contributed by atoms with Crippen molar-refractivity contribution in [2.45, 2.75) is 18.6 Å². The Labute approximate surface area is 154 Å². The molecule has 2 aliphatic heterocycles. The molecule has 5 nitrogen and oxygen atoms in total. The van der Waals surface area contributed by atoms with Crippen molar-refractivity contribution < 1.29 is 13.9 Å². The summed E-state index contributed by atoms with van der Waals surface area (Å²) in [7, 11) is 0. The van der Waals surface area contributed by atoms with E-state index in [-0.39, 0.29) is 17.0 Å². The molecule has 8 heteroatoms. The zero-order valence-electron chi connectivity index (χ0n) is 13.2. The number of aromatic nitrogens is 2. The van der Waals surface area contributed by atoms with Gasteiger partial charge < -0.3 is 9.47 Å². The number of halogens is 2. The quantitative estimate of drug-likeness (QED) is 0.747. The molecule has 130 valence electrons. The number of piperidine rings is 1. The van der Waals surface area contributed by atoms with Crippen LogP contribution in [0.25, 0.3) is 0 Å². The molecule has 0 N–H and O–H groups in total. The lowest BCUT2D eigenvalue weighted by molar-refractivity contribution is 0.126. The van der Waals surface area contributed by atoms with Gasteiger partial charge in [0.15, 0.2) is 6.10 Å². The Kier molecular flexibility index (Phi) is 4.50. The summed E-state index contributed by atoms with van der Waals surface area (Å²) < 4.78 is 33.8. The van der Waals surface area contributed by atoms with Crippen molar-refractivity contribution in [3.63, 3.8) is 0 Å². The number of hydrogen-bond acceptors (Lipinski definition) is 6. The highest BCUT2D eigenvalue weighted by Crippen LogP contribution is 2.35. The summed E-state index contributed by atoms with van der Waals surface area (Å²) in [6.45, 7) is 3.09. The molecule has 2 fully saturated rings. The van der Waals surface area contributed by atoms with E-state index in [4.69, 9.17) is 27.5 Å². The van der Waals surface area contributed by atoms with Gasteiger partial charge in [-0.25, -0.2) is 4.39 Å². The summed E-state index contributed by atoms with van der Waals surface area (Å²) in [6, 6.07) is 4.33. The highest BCUT2D eigenvalue weighted by Gasteiger charge is 2.40. The van der Waals surface area contributed by atoms with E-state index in [1.165, 1.54) is 12.1 Å². The third kappa shape index (κ3) is 3.30. The average molecular weight is 380 g/mol. The van der Waals surface area contributed by atoms with Crippen LogP contribution in [0.5, 0.6) is 11.8 Å². The minimum Gasteiger partial charge on any atom is -0.468 e. The largest absolute Gasteiger partial charge is 0.468 e. The Morgan fingerprint density at radius 3 is 2.88 bits per heavy atom. The first-order valence-electron chi connectivity index (χ1n) is 7.93. The van der Waals surface area contributed by atoms with Gasteiger partial charge in [0.05, 0.1) is 16.8 Å². The number of hydrogen-bond donors (Lipinski definition) is 0. The second kappa shape index (κ2) is 6.79. The van der Waals surface area contributed by atoms with Gasteiger partial charge in [-0.3, -0.25) is 4.90 Å². The molecule has 2 bridgehead atoms. The summed E-state index contributed by atoms with van der Waals surface area (Å²) in [5, 5.41) is 0.0326. The van der Waals surface area contributed by atoms with Gasteiger partial charge in [0.1, 0.15) is 11.9 Å². The van der Waals surface area contributed by atoms with E-state index in [9.17, 15) is 4.39 Å². The minimum atomic E-state index is -0.804. The lowest BCUT2D eigenvalue weighted by Gasteiger charge is -2.22. The summed E-state index contributed by atoms with van der Waals surface area (Å²) in [4.78, 5) is 2.37. The van der Waals surface area contributed by atoms with E-state index >= 15 is 0 Å². The molecule has 0 radical (unpaired) electrons. The molecule has 2 aromatic rings. The molecular weight excluding hydrogens is 365 g/mol. The van der Waals surface area contributed by atoms with Crippen LogP contribution in [0, 0.1) is 24.1 Å². The van der Waals surface area contributed by atoms with Gasteiger partial charge in [-0.2, -0.15) is 0 Å². The molecule has 1 aromatic heterocycles. The molecule has 0 aliphatic carbocycles. The van der Waals surface area contributed by atoms with Crippen LogP contribution in [-0.2, 0) is 0 Å². The van der Waals surface area contributed by atoms with Crippen LogP contribution in [0.15, 0.2) is 18.2 Å². The Bertz CT molecular complexity index is 824. The number of terminal acetylenes is 1. The highest BCUT2D eigenvalue weighted by atomic mass is 35.5. The zero-order valence-corrected chi connectivity index (χ0v) is 14.8. The van der Waals surface area contributed by atoms with Gasteiger partial charge in [0.2, 0.25) is 0 Å². The third-order valence-corrected chi connectivity index (χ3v) is 5.39. The maximum absolute atomic E-state index is 13.7. The molecule has 4 atom stereocenters. The van der Waals surface area contributed by atoms with Crippen molar-refractivity contribution in [1.82, 2.24) is 13.6 Å². The average Bonchev–Trinajstić information content (AvgIpc) is 3.33. The maximum Gasteiger partial charge on any atom is 0.292 e. The van der Waals surface area contributed by atoms with Crippen molar-refractivity contribution in [3.8, 4) is 24.1 Å². The number of fused-ring (bicyclic) bond motifs is 2. The topological polar surface area (TPSA) is 47.5 Å². The smallest absolute Gasteiger partial charge is 0.292 e. The Balaban J connectivity index is 1.49. The zero-order chi connectivity index (χ0) is 17.4. The van der Waals surface area contributed by atoms with Crippen LogP contribution in [-0.4, -0.2) is 39.4 Å². The number of benzene rings is 1. The summed E-state index contributed by atoms with van der Waals surface area (Å²) in [5.74, 6) is 3.04. The summed E-state index contributed by atoms with van der Waals surface area (Å²) >= 11 is 6.71. The molecular formula is C17H15ClFN3O2S. The first kappa shape index (κ1) is 16.6. The van der Waals surface area contributed by atoms with E-state index in [1.54, 1.807) is 6.07 Å². The molecule has 25 heavy (non-hydrogen) atoms. The van der Waals surface area contributed by atoms with Crippen LogP contribution in [0.1, 0.15) is 18.1 Å². The fraction of sp³-hybridized carbons (Fsp3) is 0.412. The predicted molar refractivity (Wildman–Crippen MR) is 92.5 cm³/mol. The molecule has 3 heterocycles. The normalized spacial score (nSPS) is 25.6. The molecule has 4 unspecified atom stereocenters. The molecule has 0 saturated carbocycles. The van der Waals surface area contributed by atoms with Crippen molar-refractivity contribution in [3.05, 3.63) is 34.6 Å². The van der Waals surface area contributed by atoms with Gasteiger partial charge in [-0.1, -0.05) is 23.6 Å². The molecule has 0 amide bonds. The molecule has 1 aromatic carbocycles. The lowest BCUT2D eigenvalue weighted by Crippen LogP contribution is -2.32. The van der Waals surface area contributed by atoms with E-state index < -0.39 is 11.9 Å². The Morgan fingerprint density at radius 2 is 2.20 bits per heavy atom. The van der Waals surface area contributed by atoms with Crippen LogP contribution >= 0.6 is 23.3 Å². The third-order valence-electron chi connectivity index (χ3n) is 4.59. The Hall–Kier alpha value is -1.88. The van der Waals surface area contributed by atoms with Crippen LogP contribution in [0.3, 0.4) is 0 Å². The fourth-order valence-electron chi connectivity index (χ4n) is 3.31. The molecule has 2 saturated heterocycles. The number of nitrogens with zero attached hydrogens (tertiary/aromatic N) is 3. The molecule has 0 spiro atoms. The van der Waals surface area contributed by atoms with E-state index in [0.29, 0.717) is 17.4 Å². The standard InChI is InChI=1S/C17H15ClFN3O2S/c1-2-14(10-3-4-12(18)13(19)7-10)23-16-17(21-25-20-16)24-15-9-22-6-5-11(15)8-22/h1,3-4,7,11,14-15H,5-6,8-9H2. The van der Waals surface area contributed by atoms with Crippen molar-refractivity contribution in [1.29, 1.82) is 0 Å². The second-order valence-electron chi connectivity index (χ2n) is 6.18. The highest BCUT2D eigenvalue weighted by molar-refractivity contribution is 6.99. The molecule has 2 aliphatic rings. The fourth-order valence-corrected chi connectivity index (χ4v) is 3.86. The second-order valence-corrected chi connectivity index (χ2v) is 7.11. The summed E-state index contributed by atoms with van der Waals surface area (Å²) in [6.07, 6.45) is 5.98. The van der Waals surface area contributed by atoms with E-state index in [0.717, 1.165) is 37.8 Å². The monoisotopic (exact) mass is 379 g/mol. The van der Waals surface area contributed by atoms with Gasteiger partial charge in [-0.15, -0.1) is 15.2 Å². The van der Waals surface area contributed by atoms with E-state index in [1.807, 2.05) is 0 Å². The predicted octanol–water partition coefficient (Wildman–Crippen LogP) is 3.17. The summed E-state index contributed by atoms with van der Waals surface area (Å²) in [5.41, 5.74) is 0.481. The van der Waals surface area contributed by atoms with Gasteiger partial charge in [-0.05, 0) is 25.1 Å². The first-order chi connectivity index (χ1) is 12.1. The van der Waals surface area contributed by atoms with Crippen LogP contribution < -0.4 is 9.47 Å². The van der Waals surface area contributed by atoms with Gasteiger partial charge in [0, 0.05) is 24.6 Å². The lowest BCUT2D eigenvalue weighted by atomic mass is 10.0. The van der Waals surface area contributed by atoms with Crippen LogP contribution in [0.4, 0.5) is 4.39 Å². The van der Waals surface area contributed by atoms with E-state index in [2.05, 4.69) is 19.6 Å². The van der Waals surface area contributed by atoms with Gasteiger partial charge in [0.25, 0.3) is 11.8 Å².